The van der Waals surface area contributed by atoms with Crippen LogP contribution in [0.2, 0.25) is 0 Å². The van der Waals surface area contributed by atoms with Gasteiger partial charge < -0.3 is 9.72 Å². The number of aromatic nitrogens is 1. The van der Waals surface area contributed by atoms with E-state index in [-0.39, 0.29) is 0 Å². The minimum absolute atomic E-state index is 0.376. The van der Waals surface area contributed by atoms with Crippen molar-refractivity contribution in [3.8, 4) is 17.0 Å². The minimum atomic E-state index is -0.411. The number of nitrogens with one attached hydrogen (secondary N) is 1. The van der Waals surface area contributed by atoms with E-state index in [9.17, 15) is 9.59 Å². The van der Waals surface area contributed by atoms with Gasteiger partial charge in [-0.25, -0.2) is 0 Å². The van der Waals surface area contributed by atoms with Crippen molar-refractivity contribution in [1.29, 1.82) is 0 Å². The Bertz CT molecular complexity index is 1380. The first-order valence-electron chi connectivity index (χ1n) is 11.4. The van der Waals surface area contributed by atoms with Gasteiger partial charge in [0.15, 0.2) is 0 Å². The molecule has 4 aromatic rings. The molecule has 1 aliphatic rings. The molecule has 0 atom stereocenters. The number of fused-ring (bicyclic) bond motifs is 2. The number of imide groups is 1. The standard InChI is InChI=1S/C28H25N3O3/c1-3-4-7-18-10-15-25-23(16-18)24(26(30-25)19-11-13-20(34-2)14-12-19)17-29-31-27(32)21-8-5-6-9-22(21)28(31)33/h5-6,8-17,30H,3-4,7H2,1-2H3/b29-17+. The first kappa shape index (κ1) is 21.6. The third-order valence-corrected chi connectivity index (χ3v) is 6.18. The molecule has 2 amide bonds. The smallest absolute Gasteiger partial charge is 0.282 e. The molecule has 6 nitrogen and oxygen atoms in total. The number of H-pyrrole nitrogens is 1. The summed E-state index contributed by atoms with van der Waals surface area (Å²) in [5.74, 6) is -0.0550. The molecule has 2 heterocycles. The summed E-state index contributed by atoms with van der Waals surface area (Å²) in [5.41, 5.74) is 5.61. The highest BCUT2D eigenvalue weighted by Gasteiger charge is 2.35. The van der Waals surface area contributed by atoms with Gasteiger partial charge >= 0.3 is 0 Å². The van der Waals surface area contributed by atoms with Crippen LogP contribution in [-0.4, -0.2) is 35.1 Å². The summed E-state index contributed by atoms with van der Waals surface area (Å²) >= 11 is 0. The second-order valence-corrected chi connectivity index (χ2v) is 8.34. The number of aryl methyl sites for hydroxylation is 1. The third-order valence-electron chi connectivity index (χ3n) is 6.18. The Kier molecular flexibility index (Phi) is 5.72. The molecular formula is C28H25N3O3. The van der Waals surface area contributed by atoms with Crippen molar-refractivity contribution in [2.45, 2.75) is 26.2 Å². The molecule has 0 fully saturated rings. The number of hydrogen-bond donors (Lipinski definition) is 1. The molecule has 0 radical (unpaired) electrons. The van der Waals surface area contributed by atoms with Crippen molar-refractivity contribution in [2.24, 2.45) is 5.10 Å². The Balaban J connectivity index is 1.60. The van der Waals surface area contributed by atoms with Gasteiger partial charge in [0.1, 0.15) is 5.75 Å². The lowest BCUT2D eigenvalue weighted by Crippen LogP contribution is -2.24. The number of unbranched alkanes of at least 4 members (excludes halogenated alkanes) is 1. The quantitative estimate of drug-likeness (QED) is 0.284. The number of carbonyl (C=O) groups is 2. The lowest BCUT2D eigenvalue weighted by molar-refractivity contribution is 0.0660. The maximum Gasteiger partial charge on any atom is 0.282 e. The normalized spacial score (nSPS) is 13.3. The summed E-state index contributed by atoms with van der Waals surface area (Å²) in [4.78, 5) is 29.1. The van der Waals surface area contributed by atoms with Crippen LogP contribution in [0.1, 0.15) is 51.6 Å². The molecule has 0 unspecified atom stereocenters. The van der Waals surface area contributed by atoms with E-state index in [1.54, 1.807) is 37.6 Å². The number of hydrazone groups is 1. The summed E-state index contributed by atoms with van der Waals surface area (Å²) in [5, 5.41) is 6.32. The van der Waals surface area contributed by atoms with Gasteiger partial charge in [-0.1, -0.05) is 31.5 Å². The Morgan fingerprint density at radius 2 is 1.68 bits per heavy atom. The van der Waals surface area contributed by atoms with E-state index in [2.05, 4.69) is 35.2 Å². The summed E-state index contributed by atoms with van der Waals surface area (Å²) in [7, 11) is 1.63. The van der Waals surface area contributed by atoms with Crippen LogP contribution >= 0.6 is 0 Å². The topological polar surface area (TPSA) is 74.8 Å². The van der Waals surface area contributed by atoms with Crippen molar-refractivity contribution in [2.75, 3.05) is 7.11 Å². The van der Waals surface area contributed by atoms with E-state index < -0.39 is 11.8 Å². The van der Waals surface area contributed by atoms with Gasteiger partial charge in [0, 0.05) is 16.5 Å². The molecule has 170 valence electrons. The highest BCUT2D eigenvalue weighted by atomic mass is 16.5. The zero-order valence-electron chi connectivity index (χ0n) is 19.2. The fourth-order valence-corrected chi connectivity index (χ4v) is 4.31. The molecule has 0 aliphatic carbocycles. The van der Waals surface area contributed by atoms with Gasteiger partial charge in [-0.3, -0.25) is 9.59 Å². The Hall–Kier alpha value is -4.19. The molecule has 0 saturated heterocycles. The van der Waals surface area contributed by atoms with Crippen LogP contribution in [0.5, 0.6) is 5.75 Å². The van der Waals surface area contributed by atoms with E-state index in [0.717, 1.165) is 57.7 Å². The molecule has 1 N–H and O–H groups in total. The number of benzene rings is 3. The van der Waals surface area contributed by atoms with Crippen molar-refractivity contribution in [3.05, 3.63) is 89.0 Å². The van der Waals surface area contributed by atoms with E-state index in [1.807, 2.05) is 24.3 Å². The summed E-state index contributed by atoms with van der Waals surface area (Å²) < 4.78 is 5.30. The average Bonchev–Trinajstić information content (AvgIpc) is 3.36. The number of nitrogens with zero attached hydrogens (tertiary/aromatic N) is 2. The maximum atomic E-state index is 12.8. The molecule has 0 saturated carbocycles. The van der Waals surface area contributed by atoms with Gasteiger partial charge in [-0.05, 0) is 72.5 Å². The second-order valence-electron chi connectivity index (χ2n) is 8.34. The number of aromatic amines is 1. The molecule has 1 aliphatic heterocycles. The Labute approximate surface area is 197 Å². The van der Waals surface area contributed by atoms with Gasteiger partial charge in [0.05, 0.1) is 30.1 Å². The maximum absolute atomic E-state index is 12.8. The number of hydrogen-bond acceptors (Lipinski definition) is 4. The van der Waals surface area contributed by atoms with Gasteiger partial charge in [0.2, 0.25) is 0 Å². The van der Waals surface area contributed by atoms with Crippen LogP contribution in [0.25, 0.3) is 22.2 Å². The van der Waals surface area contributed by atoms with Crippen molar-refractivity contribution in [1.82, 2.24) is 9.99 Å². The first-order valence-corrected chi connectivity index (χ1v) is 11.4. The molecule has 34 heavy (non-hydrogen) atoms. The number of carbonyl (C=O) groups excluding carboxylic acids is 2. The molecule has 5 rings (SSSR count). The lowest BCUT2D eigenvalue weighted by Gasteiger charge is -2.07. The van der Waals surface area contributed by atoms with Crippen molar-refractivity contribution in [3.63, 3.8) is 0 Å². The molecule has 6 heteroatoms. The number of amides is 2. The summed E-state index contributed by atoms with van der Waals surface area (Å²) in [6.07, 6.45) is 4.84. The van der Waals surface area contributed by atoms with Crippen LogP contribution in [0.3, 0.4) is 0 Å². The number of methoxy groups -OCH3 is 1. The second kappa shape index (κ2) is 8.98. The average molecular weight is 452 g/mol. The van der Waals surface area contributed by atoms with Crippen LogP contribution < -0.4 is 4.74 Å². The zero-order chi connectivity index (χ0) is 23.7. The molecule has 3 aromatic carbocycles. The third kappa shape index (κ3) is 3.77. The van der Waals surface area contributed by atoms with Crippen LogP contribution in [-0.2, 0) is 6.42 Å². The van der Waals surface area contributed by atoms with Gasteiger partial charge in [-0.2, -0.15) is 10.1 Å². The van der Waals surface area contributed by atoms with E-state index in [0.29, 0.717) is 11.1 Å². The molecule has 0 bridgehead atoms. The fourth-order valence-electron chi connectivity index (χ4n) is 4.31. The van der Waals surface area contributed by atoms with Gasteiger partial charge in [0.25, 0.3) is 11.8 Å². The Morgan fingerprint density at radius 1 is 0.971 bits per heavy atom. The Morgan fingerprint density at radius 3 is 2.32 bits per heavy atom. The first-order chi connectivity index (χ1) is 16.6. The minimum Gasteiger partial charge on any atom is -0.497 e. The monoisotopic (exact) mass is 451 g/mol. The van der Waals surface area contributed by atoms with Crippen LogP contribution in [0, 0.1) is 0 Å². The largest absolute Gasteiger partial charge is 0.497 e. The predicted octanol–water partition coefficient (Wildman–Crippen LogP) is 5.82. The summed E-state index contributed by atoms with van der Waals surface area (Å²) in [6.45, 7) is 2.18. The van der Waals surface area contributed by atoms with Gasteiger partial charge in [-0.15, -0.1) is 0 Å². The van der Waals surface area contributed by atoms with E-state index in [4.69, 9.17) is 4.74 Å². The molecule has 1 aromatic heterocycles. The fraction of sp³-hybridized carbons (Fsp3) is 0.179. The highest BCUT2D eigenvalue weighted by Crippen LogP contribution is 2.32. The van der Waals surface area contributed by atoms with E-state index >= 15 is 0 Å². The predicted molar refractivity (Wildman–Crippen MR) is 133 cm³/mol. The van der Waals surface area contributed by atoms with E-state index in [1.165, 1.54) is 5.56 Å². The molecular weight excluding hydrogens is 426 g/mol. The highest BCUT2D eigenvalue weighted by molar-refractivity contribution is 6.21. The zero-order valence-corrected chi connectivity index (χ0v) is 19.2. The van der Waals surface area contributed by atoms with Crippen LogP contribution in [0.15, 0.2) is 71.8 Å². The molecule has 0 spiro atoms. The van der Waals surface area contributed by atoms with Crippen molar-refractivity contribution >= 4 is 28.9 Å². The lowest BCUT2D eigenvalue weighted by atomic mass is 10.0. The van der Waals surface area contributed by atoms with Crippen molar-refractivity contribution < 1.29 is 14.3 Å². The SMILES string of the molecule is CCCCc1ccc2[nH]c(-c3ccc(OC)cc3)c(/C=N/N3C(=O)c4ccccc4C3=O)c2c1. The number of rotatable bonds is 7. The summed E-state index contributed by atoms with van der Waals surface area (Å²) in [6, 6.07) is 20.9. The van der Waals surface area contributed by atoms with Crippen LogP contribution in [0.4, 0.5) is 0 Å². The number of ether oxygens (including phenoxy) is 1.